The summed E-state index contributed by atoms with van der Waals surface area (Å²) in [5.41, 5.74) is 0. The van der Waals surface area contributed by atoms with Gasteiger partial charge in [-0.05, 0) is 6.85 Å². The Kier molecular flexibility index (Phi) is 2.26. The third kappa shape index (κ3) is 6.43. The zero-order valence-electron chi connectivity index (χ0n) is 7.76. The number of carboxylic acids is 1. The quantitative estimate of drug-likeness (QED) is 0.349. The summed E-state index contributed by atoms with van der Waals surface area (Å²) in [5, 5.41) is 18.1. The molecule has 0 aromatic carbocycles. The molecular formula is C3H5NaO3. The number of rotatable bonds is 1. The molecule has 0 amide bonds. The minimum absolute atomic E-state index is 0. The van der Waals surface area contributed by atoms with Crippen molar-refractivity contribution in [3.8, 4) is 0 Å². The van der Waals surface area contributed by atoms with Crippen molar-refractivity contribution in [2.45, 2.75) is 12.9 Å². The molecule has 0 bridgehead atoms. The van der Waals surface area contributed by atoms with Gasteiger partial charge in [-0.3, -0.25) is 0 Å². The molecule has 0 spiro atoms. The van der Waals surface area contributed by atoms with E-state index in [0.29, 0.717) is 0 Å². The first-order chi connectivity index (χ1) is 4.19. The van der Waals surface area contributed by atoms with Crippen LogP contribution in [0.25, 0.3) is 0 Å². The van der Waals surface area contributed by atoms with Crippen molar-refractivity contribution in [3.05, 3.63) is 0 Å². The van der Waals surface area contributed by atoms with Crippen molar-refractivity contribution < 1.29 is 50.0 Å². The van der Waals surface area contributed by atoms with Gasteiger partial charge in [-0.15, -0.1) is 0 Å². The summed E-state index contributed by atoms with van der Waals surface area (Å²) in [4.78, 5) is 9.76. The zero-order chi connectivity index (χ0) is 8.58. The van der Waals surface area contributed by atoms with Gasteiger partial charge in [0.25, 0.3) is 0 Å². The van der Waals surface area contributed by atoms with Gasteiger partial charge in [-0.2, -0.15) is 0 Å². The molecule has 0 rings (SSSR count). The number of aliphatic carboxylic acids is 1. The maximum absolute atomic E-state index is 9.76. The third-order valence-corrected chi connectivity index (χ3v) is 0.193. The van der Waals surface area contributed by atoms with E-state index in [1.54, 1.807) is 0 Å². The molecule has 0 aliphatic carbocycles. The number of aliphatic hydroxyl groups is 1. The summed E-state index contributed by atoms with van der Waals surface area (Å²) in [5.74, 6) is -2.33. The Hall–Kier alpha value is 0.430. The smallest absolute Gasteiger partial charge is 0.547 e. The molecular weight excluding hydrogens is 107 g/mol. The summed E-state index contributed by atoms with van der Waals surface area (Å²) in [6.07, 6.45) is -3.51. The second-order valence-corrected chi connectivity index (χ2v) is 0.636. The Bertz CT molecular complexity index is 153. The van der Waals surface area contributed by atoms with Crippen molar-refractivity contribution in [1.82, 2.24) is 0 Å². The van der Waals surface area contributed by atoms with Crippen LogP contribution in [0.15, 0.2) is 0 Å². The molecule has 0 unspecified atom stereocenters. The Balaban J connectivity index is 0. The van der Waals surface area contributed by atoms with E-state index in [9.17, 15) is 9.90 Å². The minimum atomic E-state index is -3.51. The maximum atomic E-state index is 9.76. The Labute approximate surface area is 69.3 Å². The molecule has 1 atom stereocenters. The number of carbonyl (C=O) groups is 1. The number of hydrogen-bond acceptors (Lipinski definition) is 3. The van der Waals surface area contributed by atoms with Crippen LogP contribution in [-0.4, -0.2) is 17.2 Å². The molecule has 1 N–H and O–H groups in total. The molecule has 4 heteroatoms. The van der Waals surface area contributed by atoms with Gasteiger partial charge in [0.2, 0.25) is 0 Å². The fourth-order valence-corrected chi connectivity index (χ4v) is 0. The molecule has 3 nitrogen and oxygen atoms in total. The van der Waals surface area contributed by atoms with Crippen molar-refractivity contribution in [3.63, 3.8) is 0 Å². The van der Waals surface area contributed by atoms with E-state index in [0.717, 1.165) is 0 Å². The van der Waals surface area contributed by atoms with Gasteiger partial charge >= 0.3 is 29.6 Å². The molecule has 7 heavy (non-hydrogen) atoms. The summed E-state index contributed by atoms with van der Waals surface area (Å²) in [7, 11) is 0. The zero-order valence-corrected chi connectivity index (χ0v) is 5.76. The SMILES string of the molecule is [2H]C([2H])([2H])[C@]([2H])(O)C(=O)[O-].[Na+]. The molecule has 0 saturated carbocycles. The molecule has 0 radical (unpaired) electrons. The molecule has 0 aliphatic rings. The molecule has 36 valence electrons. The Morgan fingerprint density at radius 2 is 2.71 bits per heavy atom. The molecule has 0 saturated heterocycles. The van der Waals surface area contributed by atoms with Crippen LogP contribution in [0.5, 0.6) is 0 Å². The van der Waals surface area contributed by atoms with E-state index in [1.807, 2.05) is 0 Å². The van der Waals surface area contributed by atoms with E-state index in [1.165, 1.54) is 0 Å². The van der Waals surface area contributed by atoms with E-state index < -0.39 is 18.9 Å². The van der Waals surface area contributed by atoms with E-state index in [4.69, 9.17) is 10.6 Å². The van der Waals surface area contributed by atoms with Gasteiger partial charge in [-0.1, -0.05) is 0 Å². The van der Waals surface area contributed by atoms with Crippen LogP contribution < -0.4 is 34.7 Å². The Morgan fingerprint density at radius 3 is 2.71 bits per heavy atom. The van der Waals surface area contributed by atoms with Gasteiger partial charge in [0.15, 0.2) is 0 Å². The molecule has 0 aliphatic heterocycles. The number of carbonyl (C=O) groups excluding carboxylic acids is 1. The van der Waals surface area contributed by atoms with Crippen molar-refractivity contribution in [1.29, 1.82) is 0 Å². The number of hydrogen-bond donors (Lipinski definition) is 1. The predicted octanol–water partition coefficient (Wildman–Crippen LogP) is -4.88. The second-order valence-electron chi connectivity index (χ2n) is 0.636. The number of carboxylic acid groups (broad SMARTS) is 1. The monoisotopic (exact) mass is 116 g/mol. The van der Waals surface area contributed by atoms with Crippen LogP contribution in [-0.2, 0) is 4.79 Å². The fraction of sp³-hybridized carbons (Fsp3) is 0.667. The molecule has 0 fully saturated rings. The van der Waals surface area contributed by atoms with Crippen LogP contribution in [0.3, 0.4) is 0 Å². The largest absolute Gasteiger partial charge is 1.00 e. The summed E-state index contributed by atoms with van der Waals surface area (Å²) < 4.78 is 25.4. The van der Waals surface area contributed by atoms with Crippen molar-refractivity contribution in [2.75, 3.05) is 0 Å². The third-order valence-electron chi connectivity index (χ3n) is 0.193. The van der Waals surface area contributed by atoms with E-state index in [-0.39, 0.29) is 29.6 Å². The average Bonchev–Trinajstić information content (AvgIpc) is 1.62. The standard InChI is InChI=1S/C3H6O3.Na/c1-2(4)3(5)6;/h2,4H,1H3,(H,5,6);/q;+1/p-1/t2-;/m0./s1/i1D3,2D;. The van der Waals surface area contributed by atoms with Crippen LogP contribution >= 0.6 is 0 Å². The molecule has 0 aromatic heterocycles. The Morgan fingerprint density at radius 1 is 2.29 bits per heavy atom. The van der Waals surface area contributed by atoms with Gasteiger partial charge in [-0.25, -0.2) is 0 Å². The van der Waals surface area contributed by atoms with E-state index in [2.05, 4.69) is 0 Å². The average molecular weight is 116 g/mol. The molecule has 0 heterocycles. The maximum Gasteiger partial charge on any atom is 1.00 e. The van der Waals surface area contributed by atoms with Gasteiger partial charge < -0.3 is 15.0 Å². The van der Waals surface area contributed by atoms with Crippen molar-refractivity contribution >= 4 is 5.97 Å². The second kappa shape index (κ2) is 4.59. The topological polar surface area (TPSA) is 60.4 Å². The molecule has 0 aromatic rings. The summed E-state index contributed by atoms with van der Waals surface area (Å²) >= 11 is 0. The fourth-order valence-electron chi connectivity index (χ4n) is 0. The van der Waals surface area contributed by atoms with Gasteiger partial charge in [0.1, 0.15) is 0 Å². The van der Waals surface area contributed by atoms with E-state index >= 15 is 0 Å². The van der Waals surface area contributed by atoms with Crippen LogP contribution in [0, 0.1) is 0 Å². The van der Waals surface area contributed by atoms with Crippen molar-refractivity contribution in [2.24, 2.45) is 0 Å². The van der Waals surface area contributed by atoms with Gasteiger partial charge in [0.05, 0.1) is 13.4 Å². The minimum Gasteiger partial charge on any atom is -0.547 e. The first-order valence-corrected chi connectivity index (χ1v) is 1.13. The van der Waals surface area contributed by atoms with Crippen LogP contribution in [0.1, 0.15) is 12.3 Å². The van der Waals surface area contributed by atoms with Crippen LogP contribution in [0.4, 0.5) is 0 Å². The van der Waals surface area contributed by atoms with Gasteiger partial charge in [0, 0.05) is 4.11 Å². The first kappa shape index (κ1) is 3.45. The summed E-state index contributed by atoms with van der Waals surface area (Å²) in [6.45, 7) is -3.27. The normalized spacial score (nSPS) is 26.4. The summed E-state index contributed by atoms with van der Waals surface area (Å²) in [6, 6.07) is 0. The first-order valence-electron chi connectivity index (χ1n) is 3.13. The van der Waals surface area contributed by atoms with Crippen LogP contribution in [0.2, 0.25) is 0 Å². The predicted molar refractivity (Wildman–Crippen MR) is 16.7 cm³/mol.